The van der Waals surface area contributed by atoms with Gasteiger partial charge in [0.2, 0.25) is 0 Å². The third-order valence-electron chi connectivity index (χ3n) is 5.15. The fourth-order valence-electron chi connectivity index (χ4n) is 3.24. The molecule has 3 aromatic carbocycles. The molecule has 0 bridgehead atoms. The zero-order chi connectivity index (χ0) is 23.5. The maximum Gasteiger partial charge on any atom is 0.343 e. The van der Waals surface area contributed by atoms with Crippen molar-refractivity contribution in [3.8, 4) is 5.75 Å². The van der Waals surface area contributed by atoms with Crippen LogP contribution >= 0.6 is 0 Å². The van der Waals surface area contributed by atoms with E-state index in [9.17, 15) is 14.9 Å². The Bertz CT molecular complexity index is 1080. The van der Waals surface area contributed by atoms with Crippen molar-refractivity contribution in [3.63, 3.8) is 0 Å². The van der Waals surface area contributed by atoms with Gasteiger partial charge in [0.15, 0.2) is 0 Å². The first-order chi connectivity index (χ1) is 16.0. The number of ether oxygens (including phenoxy) is 1. The number of nitrogens with zero attached hydrogens (tertiary/aromatic N) is 3. The fourth-order valence-corrected chi connectivity index (χ4v) is 3.24. The molecule has 0 aliphatic heterocycles. The summed E-state index contributed by atoms with van der Waals surface area (Å²) >= 11 is 0. The number of non-ortho nitro benzene ring substituents is 1. The Balaban J connectivity index is 1.50. The molecular formula is C26H27N3O4. The van der Waals surface area contributed by atoms with Crippen LogP contribution < -0.4 is 4.74 Å². The van der Waals surface area contributed by atoms with Crippen LogP contribution in [0.15, 0.2) is 83.0 Å². The zero-order valence-corrected chi connectivity index (χ0v) is 18.6. The highest BCUT2D eigenvalue weighted by atomic mass is 16.6. The molecule has 7 nitrogen and oxygen atoms in total. The molecule has 3 rings (SSSR count). The molecule has 170 valence electrons. The molecule has 0 saturated heterocycles. The van der Waals surface area contributed by atoms with Crippen molar-refractivity contribution in [1.82, 2.24) is 0 Å². The number of unbranched alkanes of at least 4 members (excludes halogenated alkanes) is 4. The van der Waals surface area contributed by atoms with Gasteiger partial charge < -0.3 is 4.74 Å². The van der Waals surface area contributed by atoms with Crippen LogP contribution in [-0.2, 0) is 6.42 Å². The Kier molecular flexibility index (Phi) is 8.82. The minimum Gasteiger partial charge on any atom is -0.423 e. The molecule has 0 aliphatic rings. The fraction of sp³-hybridized carbons (Fsp3) is 0.269. The number of aryl methyl sites for hydroxylation is 1. The molecule has 0 aromatic heterocycles. The van der Waals surface area contributed by atoms with Crippen molar-refractivity contribution in [2.75, 3.05) is 0 Å². The van der Waals surface area contributed by atoms with Gasteiger partial charge in [0, 0.05) is 12.1 Å². The quantitative estimate of drug-likeness (QED) is 0.0753. The van der Waals surface area contributed by atoms with E-state index < -0.39 is 10.9 Å². The molecule has 0 saturated carbocycles. The highest BCUT2D eigenvalue weighted by Crippen LogP contribution is 2.23. The molecule has 0 aliphatic carbocycles. The summed E-state index contributed by atoms with van der Waals surface area (Å²) in [5.41, 5.74) is 2.80. The molecule has 0 spiro atoms. The smallest absolute Gasteiger partial charge is 0.343 e. The Labute approximate surface area is 193 Å². The number of hydrogen-bond acceptors (Lipinski definition) is 6. The van der Waals surface area contributed by atoms with Crippen molar-refractivity contribution in [2.24, 2.45) is 10.2 Å². The number of azo groups is 1. The van der Waals surface area contributed by atoms with E-state index in [4.69, 9.17) is 4.74 Å². The SMILES string of the molecule is CCCCCCCc1ccc(C(=O)Oc2ccc(N=Nc3ccc([N+](=O)[O-])cc3)cc2)cc1. The van der Waals surface area contributed by atoms with Crippen LogP contribution in [0.5, 0.6) is 5.75 Å². The number of carbonyl (C=O) groups excluding carboxylic acids is 1. The number of nitro groups is 1. The number of hydrogen-bond donors (Lipinski definition) is 0. The van der Waals surface area contributed by atoms with Gasteiger partial charge in [-0.15, -0.1) is 0 Å². The molecule has 7 heteroatoms. The lowest BCUT2D eigenvalue weighted by molar-refractivity contribution is -0.384. The summed E-state index contributed by atoms with van der Waals surface area (Å²) in [6, 6.07) is 20.0. The molecule has 0 atom stereocenters. The second kappa shape index (κ2) is 12.2. The van der Waals surface area contributed by atoms with E-state index in [1.807, 2.05) is 12.1 Å². The van der Waals surface area contributed by atoms with Gasteiger partial charge in [-0.3, -0.25) is 10.1 Å². The number of benzene rings is 3. The third-order valence-corrected chi connectivity index (χ3v) is 5.15. The second-order valence-corrected chi connectivity index (χ2v) is 7.72. The van der Waals surface area contributed by atoms with Crippen molar-refractivity contribution in [1.29, 1.82) is 0 Å². The van der Waals surface area contributed by atoms with Crippen molar-refractivity contribution < 1.29 is 14.5 Å². The van der Waals surface area contributed by atoms with E-state index in [0.29, 0.717) is 22.7 Å². The van der Waals surface area contributed by atoms with E-state index >= 15 is 0 Å². The molecule has 0 N–H and O–H groups in total. The van der Waals surface area contributed by atoms with Crippen LogP contribution in [0.2, 0.25) is 0 Å². The first-order valence-electron chi connectivity index (χ1n) is 11.1. The van der Waals surface area contributed by atoms with Crippen LogP contribution in [0.4, 0.5) is 17.1 Å². The minimum atomic E-state index is -0.467. The average molecular weight is 446 g/mol. The predicted molar refractivity (Wildman–Crippen MR) is 128 cm³/mol. The van der Waals surface area contributed by atoms with Crippen LogP contribution in [0.3, 0.4) is 0 Å². The maximum atomic E-state index is 12.4. The Hall–Kier alpha value is -3.87. The van der Waals surface area contributed by atoms with Gasteiger partial charge in [0.25, 0.3) is 5.69 Å². The van der Waals surface area contributed by atoms with Crippen LogP contribution in [0.25, 0.3) is 0 Å². The summed E-state index contributed by atoms with van der Waals surface area (Å²) in [5, 5.41) is 18.8. The molecule has 3 aromatic rings. The van der Waals surface area contributed by atoms with Crippen molar-refractivity contribution in [3.05, 3.63) is 94.0 Å². The predicted octanol–water partition coefficient (Wildman–Crippen LogP) is 7.74. The normalized spacial score (nSPS) is 10.9. The number of nitro benzene ring substituents is 1. The first kappa shape index (κ1) is 23.8. The zero-order valence-electron chi connectivity index (χ0n) is 18.6. The van der Waals surface area contributed by atoms with Crippen molar-refractivity contribution in [2.45, 2.75) is 45.4 Å². The van der Waals surface area contributed by atoms with Crippen LogP contribution in [0.1, 0.15) is 54.9 Å². The Morgan fingerprint density at radius 3 is 1.97 bits per heavy atom. The van der Waals surface area contributed by atoms with Crippen LogP contribution in [-0.4, -0.2) is 10.9 Å². The molecule has 33 heavy (non-hydrogen) atoms. The van der Waals surface area contributed by atoms with Gasteiger partial charge in [0.05, 0.1) is 21.9 Å². The molecule has 0 fully saturated rings. The summed E-state index contributed by atoms with van der Waals surface area (Å²) < 4.78 is 5.44. The van der Waals surface area contributed by atoms with E-state index in [1.165, 1.54) is 55.5 Å². The van der Waals surface area contributed by atoms with Gasteiger partial charge in [-0.1, -0.05) is 44.7 Å². The summed E-state index contributed by atoms with van der Waals surface area (Å²) in [6.07, 6.45) is 7.23. The third kappa shape index (κ3) is 7.64. The lowest BCUT2D eigenvalue weighted by Crippen LogP contribution is -2.08. The van der Waals surface area contributed by atoms with Crippen LogP contribution in [0, 0.1) is 10.1 Å². The van der Waals surface area contributed by atoms with Gasteiger partial charge in [0.1, 0.15) is 5.75 Å². The van der Waals surface area contributed by atoms with Gasteiger partial charge in [-0.2, -0.15) is 10.2 Å². The topological polar surface area (TPSA) is 94.2 Å². The summed E-state index contributed by atoms with van der Waals surface area (Å²) in [6.45, 7) is 2.21. The highest BCUT2D eigenvalue weighted by Gasteiger charge is 2.09. The second-order valence-electron chi connectivity index (χ2n) is 7.72. The van der Waals surface area contributed by atoms with Gasteiger partial charge >= 0.3 is 5.97 Å². The minimum absolute atomic E-state index is 0.00262. The maximum absolute atomic E-state index is 12.4. The lowest BCUT2D eigenvalue weighted by Gasteiger charge is -2.06. The molecule has 0 heterocycles. The molecule has 0 radical (unpaired) electrons. The standard InChI is InChI=1S/C26H27N3O4/c1-2-3-4-5-6-7-20-8-10-21(11-9-20)26(30)33-25-18-14-23(15-19-25)28-27-22-12-16-24(17-13-22)29(31)32/h8-19H,2-7H2,1H3. The van der Waals surface area contributed by atoms with E-state index in [1.54, 1.807) is 36.4 Å². The number of esters is 1. The summed E-state index contributed by atoms with van der Waals surface area (Å²) in [4.78, 5) is 22.6. The van der Waals surface area contributed by atoms with Crippen molar-refractivity contribution >= 4 is 23.0 Å². The molecule has 0 amide bonds. The first-order valence-corrected chi connectivity index (χ1v) is 11.1. The lowest BCUT2D eigenvalue weighted by atomic mass is 10.0. The molecule has 0 unspecified atom stereocenters. The Morgan fingerprint density at radius 2 is 1.39 bits per heavy atom. The number of carbonyl (C=O) groups is 1. The summed E-state index contributed by atoms with van der Waals surface area (Å²) in [7, 11) is 0. The number of rotatable bonds is 11. The monoisotopic (exact) mass is 445 g/mol. The summed E-state index contributed by atoms with van der Waals surface area (Å²) in [5.74, 6) is -0.000890. The largest absolute Gasteiger partial charge is 0.423 e. The van der Waals surface area contributed by atoms with Gasteiger partial charge in [-0.25, -0.2) is 4.79 Å². The van der Waals surface area contributed by atoms with Gasteiger partial charge in [-0.05, 0) is 66.9 Å². The average Bonchev–Trinajstić information content (AvgIpc) is 2.84. The van der Waals surface area contributed by atoms with E-state index in [2.05, 4.69) is 17.2 Å². The highest BCUT2D eigenvalue weighted by molar-refractivity contribution is 5.91. The Morgan fingerprint density at radius 1 is 0.818 bits per heavy atom. The van der Waals surface area contributed by atoms with E-state index in [-0.39, 0.29) is 5.69 Å². The molecular weight excluding hydrogens is 418 g/mol. The van der Waals surface area contributed by atoms with E-state index in [0.717, 1.165) is 12.8 Å².